The van der Waals surface area contributed by atoms with Gasteiger partial charge in [0.05, 0.1) is 29.7 Å². The number of amides is 2. The van der Waals surface area contributed by atoms with Crippen LogP contribution in [0.4, 0.5) is 0 Å². The number of carbonyl (C=O) groups excluding carboxylic acids is 2. The molecule has 0 atom stereocenters. The summed E-state index contributed by atoms with van der Waals surface area (Å²) in [7, 11) is 0. The molecule has 0 radical (unpaired) electrons. The number of benzene rings is 1. The van der Waals surface area contributed by atoms with Crippen LogP contribution in [0.2, 0.25) is 0 Å². The number of rotatable bonds is 7. The summed E-state index contributed by atoms with van der Waals surface area (Å²) in [5.74, 6) is 0.0713. The van der Waals surface area contributed by atoms with Crippen LogP contribution in [0.1, 0.15) is 41.4 Å². The predicted molar refractivity (Wildman–Crippen MR) is 113 cm³/mol. The summed E-state index contributed by atoms with van der Waals surface area (Å²) in [6, 6.07) is 8.08. The van der Waals surface area contributed by atoms with Crippen LogP contribution in [0.3, 0.4) is 0 Å². The molecule has 2 heterocycles. The molecular weight excluding hydrogens is 366 g/mol. The van der Waals surface area contributed by atoms with Crippen LogP contribution in [0.15, 0.2) is 30.5 Å². The molecule has 0 saturated carbocycles. The summed E-state index contributed by atoms with van der Waals surface area (Å²) < 4.78 is 1.82. The SMILES string of the molecule is CCCCNC(=O)CN1CCN(C(=O)c2cnn(-c3cccc(C)c3)c2C)CC1. The van der Waals surface area contributed by atoms with Crippen LogP contribution >= 0.6 is 0 Å². The average molecular weight is 398 g/mol. The van der Waals surface area contributed by atoms with Crippen molar-refractivity contribution < 1.29 is 9.59 Å². The van der Waals surface area contributed by atoms with E-state index >= 15 is 0 Å². The molecule has 2 aromatic rings. The largest absolute Gasteiger partial charge is 0.355 e. The van der Waals surface area contributed by atoms with E-state index in [1.807, 2.05) is 41.6 Å². The summed E-state index contributed by atoms with van der Waals surface area (Å²) in [5.41, 5.74) is 3.59. The predicted octanol–water partition coefficient (Wildman–Crippen LogP) is 2.16. The number of aryl methyl sites for hydroxylation is 1. The molecule has 0 bridgehead atoms. The number of piperazine rings is 1. The maximum Gasteiger partial charge on any atom is 0.257 e. The fraction of sp³-hybridized carbons (Fsp3) is 0.500. The summed E-state index contributed by atoms with van der Waals surface area (Å²) in [4.78, 5) is 29.0. The van der Waals surface area contributed by atoms with E-state index in [2.05, 4.69) is 28.3 Å². The summed E-state index contributed by atoms with van der Waals surface area (Å²) in [6.45, 7) is 9.86. The van der Waals surface area contributed by atoms with Gasteiger partial charge in [-0.15, -0.1) is 0 Å². The van der Waals surface area contributed by atoms with Gasteiger partial charge < -0.3 is 10.2 Å². The van der Waals surface area contributed by atoms with Gasteiger partial charge in [-0.25, -0.2) is 4.68 Å². The van der Waals surface area contributed by atoms with Gasteiger partial charge in [0.2, 0.25) is 5.91 Å². The van der Waals surface area contributed by atoms with E-state index in [0.29, 0.717) is 38.3 Å². The van der Waals surface area contributed by atoms with Gasteiger partial charge in [-0.2, -0.15) is 5.10 Å². The lowest BCUT2D eigenvalue weighted by Crippen LogP contribution is -2.51. The van der Waals surface area contributed by atoms with E-state index in [1.165, 1.54) is 0 Å². The van der Waals surface area contributed by atoms with Crippen molar-refractivity contribution in [1.82, 2.24) is 24.9 Å². The smallest absolute Gasteiger partial charge is 0.257 e. The minimum absolute atomic E-state index is 0.00782. The topological polar surface area (TPSA) is 70.5 Å². The number of hydrogen-bond donors (Lipinski definition) is 1. The van der Waals surface area contributed by atoms with Crippen molar-refractivity contribution in [3.8, 4) is 5.69 Å². The molecule has 1 aliphatic rings. The fourth-order valence-electron chi connectivity index (χ4n) is 3.58. The molecule has 7 heteroatoms. The molecule has 1 N–H and O–H groups in total. The van der Waals surface area contributed by atoms with Crippen molar-refractivity contribution in [3.63, 3.8) is 0 Å². The van der Waals surface area contributed by atoms with Gasteiger partial charge in [0.15, 0.2) is 0 Å². The van der Waals surface area contributed by atoms with E-state index in [9.17, 15) is 9.59 Å². The Morgan fingerprint density at radius 1 is 1.14 bits per heavy atom. The minimum Gasteiger partial charge on any atom is -0.355 e. The van der Waals surface area contributed by atoms with Crippen molar-refractivity contribution in [2.24, 2.45) is 0 Å². The van der Waals surface area contributed by atoms with Crippen molar-refractivity contribution in [1.29, 1.82) is 0 Å². The standard InChI is InChI=1S/C22H31N5O2/c1-4-5-9-23-21(28)16-25-10-12-26(13-11-25)22(29)20-15-24-27(18(20)3)19-8-6-7-17(2)14-19/h6-8,14-15H,4-5,9-13,16H2,1-3H3,(H,23,28). The molecule has 0 spiro atoms. The first-order valence-electron chi connectivity index (χ1n) is 10.4. The molecule has 1 fully saturated rings. The Bertz CT molecular complexity index is 853. The van der Waals surface area contributed by atoms with Crippen LogP contribution in [0, 0.1) is 13.8 Å². The van der Waals surface area contributed by atoms with E-state index in [4.69, 9.17) is 0 Å². The van der Waals surface area contributed by atoms with Crippen molar-refractivity contribution in [2.45, 2.75) is 33.6 Å². The highest BCUT2D eigenvalue weighted by atomic mass is 16.2. The van der Waals surface area contributed by atoms with E-state index in [-0.39, 0.29) is 11.8 Å². The van der Waals surface area contributed by atoms with E-state index in [0.717, 1.165) is 36.3 Å². The lowest BCUT2D eigenvalue weighted by atomic mass is 10.2. The van der Waals surface area contributed by atoms with E-state index in [1.54, 1.807) is 6.20 Å². The van der Waals surface area contributed by atoms with Gasteiger partial charge in [-0.3, -0.25) is 14.5 Å². The summed E-state index contributed by atoms with van der Waals surface area (Å²) in [6.07, 6.45) is 3.73. The molecule has 29 heavy (non-hydrogen) atoms. The molecule has 156 valence electrons. The fourth-order valence-corrected chi connectivity index (χ4v) is 3.58. The molecule has 1 aromatic carbocycles. The highest BCUT2D eigenvalue weighted by Gasteiger charge is 2.25. The number of nitrogens with one attached hydrogen (secondary N) is 1. The third kappa shape index (κ3) is 5.23. The first-order chi connectivity index (χ1) is 14.0. The van der Waals surface area contributed by atoms with Gasteiger partial charge in [0, 0.05) is 32.7 Å². The van der Waals surface area contributed by atoms with Crippen molar-refractivity contribution in [3.05, 3.63) is 47.3 Å². The van der Waals surface area contributed by atoms with Crippen LogP contribution in [0.25, 0.3) is 5.69 Å². The molecule has 2 amide bonds. The number of unbranched alkanes of at least 4 members (excludes halogenated alkanes) is 1. The zero-order valence-corrected chi connectivity index (χ0v) is 17.6. The second kappa shape index (κ2) is 9.69. The van der Waals surface area contributed by atoms with Gasteiger partial charge in [0.25, 0.3) is 5.91 Å². The Hall–Kier alpha value is -2.67. The van der Waals surface area contributed by atoms with Crippen LogP contribution < -0.4 is 5.32 Å². The minimum atomic E-state index is 0.00782. The number of aromatic nitrogens is 2. The lowest BCUT2D eigenvalue weighted by Gasteiger charge is -2.34. The maximum absolute atomic E-state index is 13.0. The van der Waals surface area contributed by atoms with Crippen LogP contribution in [0.5, 0.6) is 0 Å². The summed E-state index contributed by atoms with van der Waals surface area (Å²) >= 11 is 0. The zero-order valence-electron chi connectivity index (χ0n) is 17.6. The molecule has 1 saturated heterocycles. The van der Waals surface area contributed by atoms with Crippen LogP contribution in [-0.4, -0.2) is 70.7 Å². The number of nitrogens with zero attached hydrogens (tertiary/aromatic N) is 4. The Morgan fingerprint density at radius 3 is 2.59 bits per heavy atom. The van der Waals surface area contributed by atoms with Gasteiger partial charge in [0.1, 0.15) is 0 Å². The Labute approximate surface area is 172 Å². The molecule has 0 unspecified atom stereocenters. The average Bonchev–Trinajstić information content (AvgIpc) is 3.09. The highest BCUT2D eigenvalue weighted by molar-refractivity contribution is 5.95. The monoisotopic (exact) mass is 397 g/mol. The Morgan fingerprint density at radius 2 is 1.90 bits per heavy atom. The Balaban J connectivity index is 1.57. The molecule has 0 aliphatic carbocycles. The highest BCUT2D eigenvalue weighted by Crippen LogP contribution is 2.17. The maximum atomic E-state index is 13.0. The third-order valence-corrected chi connectivity index (χ3v) is 5.37. The van der Waals surface area contributed by atoms with Gasteiger partial charge in [-0.05, 0) is 38.0 Å². The van der Waals surface area contributed by atoms with Crippen LogP contribution in [-0.2, 0) is 4.79 Å². The third-order valence-electron chi connectivity index (χ3n) is 5.37. The molecule has 7 nitrogen and oxygen atoms in total. The zero-order chi connectivity index (χ0) is 20.8. The van der Waals surface area contributed by atoms with E-state index < -0.39 is 0 Å². The molecular formula is C22H31N5O2. The number of carbonyl (C=O) groups is 2. The molecule has 1 aromatic heterocycles. The quantitative estimate of drug-likeness (QED) is 0.727. The first kappa shape index (κ1) is 21.0. The van der Waals surface area contributed by atoms with Crippen molar-refractivity contribution >= 4 is 11.8 Å². The normalized spacial score (nSPS) is 14.8. The Kier molecular flexibility index (Phi) is 7.04. The molecule has 3 rings (SSSR count). The summed E-state index contributed by atoms with van der Waals surface area (Å²) in [5, 5.41) is 7.39. The number of hydrogen-bond acceptors (Lipinski definition) is 4. The molecule has 1 aliphatic heterocycles. The first-order valence-corrected chi connectivity index (χ1v) is 10.4. The second-order valence-electron chi connectivity index (χ2n) is 7.67. The lowest BCUT2D eigenvalue weighted by molar-refractivity contribution is -0.122. The second-order valence-corrected chi connectivity index (χ2v) is 7.67. The van der Waals surface area contributed by atoms with Gasteiger partial charge >= 0.3 is 0 Å². The van der Waals surface area contributed by atoms with Gasteiger partial charge in [-0.1, -0.05) is 25.5 Å². The van der Waals surface area contributed by atoms with Crippen molar-refractivity contribution in [2.75, 3.05) is 39.3 Å².